The van der Waals surface area contributed by atoms with Crippen molar-refractivity contribution in [1.82, 2.24) is 24.6 Å². The number of nitrogens with one attached hydrogen (secondary N) is 1. The molecule has 2 heterocycles. The molecule has 0 unspecified atom stereocenters. The van der Waals surface area contributed by atoms with Gasteiger partial charge in [-0.25, -0.2) is 4.98 Å². The van der Waals surface area contributed by atoms with E-state index in [0.717, 1.165) is 18.8 Å². The zero-order valence-corrected chi connectivity index (χ0v) is 12.2. The van der Waals surface area contributed by atoms with Crippen molar-refractivity contribution in [2.45, 2.75) is 46.3 Å². The second-order valence-corrected chi connectivity index (χ2v) is 4.99. The predicted octanol–water partition coefficient (Wildman–Crippen LogP) is 2.00. The van der Waals surface area contributed by atoms with E-state index in [1.807, 2.05) is 30.8 Å². The van der Waals surface area contributed by atoms with Crippen molar-refractivity contribution in [1.29, 1.82) is 0 Å². The lowest BCUT2D eigenvalue weighted by Crippen LogP contribution is -2.25. The molecule has 0 spiro atoms. The molecule has 1 amide bonds. The lowest BCUT2D eigenvalue weighted by atomic mass is 10.4. The molecule has 0 aliphatic rings. The molecule has 6 nitrogen and oxygen atoms in total. The van der Waals surface area contributed by atoms with Crippen molar-refractivity contribution < 1.29 is 4.79 Å². The van der Waals surface area contributed by atoms with Crippen LogP contribution in [0.25, 0.3) is 0 Å². The molecule has 1 N–H and O–H groups in total. The van der Waals surface area contributed by atoms with Crippen molar-refractivity contribution in [2.24, 2.45) is 0 Å². The highest BCUT2D eigenvalue weighted by molar-refractivity contribution is 5.92. The Morgan fingerprint density at radius 3 is 2.85 bits per heavy atom. The van der Waals surface area contributed by atoms with E-state index in [1.54, 1.807) is 16.9 Å². The maximum Gasteiger partial charge on any atom is 0.272 e. The quantitative estimate of drug-likeness (QED) is 0.877. The molecule has 0 aliphatic carbocycles. The van der Waals surface area contributed by atoms with Crippen LogP contribution in [-0.2, 0) is 13.1 Å². The average Bonchev–Trinajstić information content (AvgIpc) is 3.05. The van der Waals surface area contributed by atoms with Gasteiger partial charge in [0.05, 0.1) is 6.54 Å². The number of aromatic nitrogens is 4. The van der Waals surface area contributed by atoms with Crippen LogP contribution in [0.15, 0.2) is 24.7 Å². The summed E-state index contributed by atoms with van der Waals surface area (Å²) in [7, 11) is 0. The molecule has 0 bridgehead atoms. The summed E-state index contributed by atoms with van der Waals surface area (Å²) < 4.78 is 3.82. The second kappa shape index (κ2) is 6.36. The standard InChI is InChI=1S/C14H21N5O/c1-4-7-18-9-6-15-13(18)10-16-14(20)12-5-8-19(17-12)11(2)3/h5-6,8-9,11H,4,7,10H2,1-3H3,(H,16,20). The number of amides is 1. The molecule has 2 aromatic rings. The number of hydrogen-bond acceptors (Lipinski definition) is 3. The summed E-state index contributed by atoms with van der Waals surface area (Å²) in [5.41, 5.74) is 0.437. The molecule has 108 valence electrons. The maximum absolute atomic E-state index is 12.0. The van der Waals surface area contributed by atoms with Gasteiger partial charge in [-0.1, -0.05) is 6.92 Å². The van der Waals surface area contributed by atoms with Crippen molar-refractivity contribution in [2.75, 3.05) is 0 Å². The summed E-state index contributed by atoms with van der Waals surface area (Å²) in [4.78, 5) is 16.3. The minimum absolute atomic E-state index is 0.171. The van der Waals surface area contributed by atoms with Gasteiger partial charge >= 0.3 is 0 Å². The van der Waals surface area contributed by atoms with Crippen LogP contribution >= 0.6 is 0 Å². The van der Waals surface area contributed by atoms with Crippen LogP contribution in [-0.4, -0.2) is 25.2 Å². The van der Waals surface area contributed by atoms with Gasteiger partial charge < -0.3 is 9.88 Å². The van der Waals surface area contributed by atoms with Gasteiger partial charge in [0.15, 0.2) is 0 Å². The molecule has 2 aromatic heterocycles. The first-order valence-electron chi connectivity index (χ1n) is 6.95. The van der Waals surface area contributed by atoms with E-state index in [9.17, 15) is 4.79 Å². The molecule has 0 aliphatic heterocycles. The van der Waals surface area contributed by atoms with Crippen LogP contribution in [0.2, 0.25) is 0 Å². The molecule has 0 saturated carbocycles. The fraction of sp³-hybridized carbons (Fsp3) is 0.500. The number of carbonyl (C=O) groups excluding carboxylic acids is 1. The number of hydrogen-bond donors (Lipinski definition) is 1. The first-order valence-corrected chi connectivity index (χ1v) is 6.95. The van der Waals surface area contributed by atoms with Gasteiger partial charge in [0.2, 0.25) is 0 Å². The summed E-state index contributed by atoms with van der Waals surface area (Å²) in [5.74, 6) is 0.693. The lowest BCUT2D eigenvalue weighted by Gasteiger charge is -2.07. The Hall–Kier alpha value is -2.11. The molecule has 0 radical (unpaired) electrons. The van der Waals surface area contributed by atoms with E-state index in [0.29, 0.717) is 12.2 Å². The molecule has 0 atom stereocenters. The normalized spacial score (nSPS) is 11.0. The molecule has 6 heteroatoms. The van der Waals surface area contributed by atoms with Gasteiger partial charge in [0, 0.05) is 31.2 Å². The number of rotatable bonds is 6. The largest absolute Gasteiger partial charge is 0.343 e. The lowest BCUT2D eigenvalue weighted by molar-refractivity contribution is 0.0943. The SMILES string of the molecule is CCCn1ccnc1CNC(=O)c1ccn(C(C)C)n1. The van der Waals surface area contributed by atoms with Gasteiger partial charge in [0.25, 0.3) is 5.91 Å². The topological polar surface area (TPSA) is 64.7 Å². The van der Waals surface area contributed by atoms with E-state index in [2.05, 4.69) is 22.3 Å². The molecule has 0 aromatic carbocycles. The molecule has 20 heavy (non-hydrogen) atoms. The highest BCUT2D eigenvalue weighted by atomic mass is 16.1. The van der Waals surface area contributed by atoms with Crippen LogP contribution in [0, 0.1) is 0 Å². The number of aryl methyl sites for hydroxylation is 1. The number of nitrogens with zero attached hydrogens (tertiary/aromatic N) is 4. The molecular weight excluding hydrogens is 254 g/mol. The van der Waals surface area contributed by atoms with Crippen LogP contribution in [0.5, 0.6) is 0 Å². The summed E-state index contributed by atoms with van der Waals surface area (Å²) in [6, 6.07) is 1.98. The van der Waals surface area contributed by atoms with Crippen molar-refractivity contribution in [3.8, 4) is 0 Å². The average molecular weight is 275 g/mol. The van der Waals surface area contributed by atoms with Gasteiger partial charge in [-0.3, -0.25) is 9.48 Å². The minimum atomic E-state index is -0.171. The van der Waals surface area contributed by atoms with Crippen LogP contribution in [0.4, 0.5) is 0 Å². The van der Waals surface area contributed by atoms with E-state index in [1.165, 1.54) is 0 Å². The van der Waals surface area contributed by atoms with E-state index >= 15 is 0 Å². The van der Waals surface area contributed by atoms with Crippen LogP contribution < -0.4 is 5.32 Å². The number of imidazole rings is 1. The van der Waals surface area contributed by atoms with Gasteiger partial charge in [-0.05, 0) is 26.3 Å². The molecule has 0 saturated heterocycles. The highest BCUT2D eigenvalue weighted by Gasteiger charge is 2.11. The first kappa shape index (κ1) is 14.3. The van der Waals surface area contributed by atoms with E-state index in [4.69, 9.17) is 0 Å². The van der Waals surface area contributed by atoms with Crippen molar-refractivity contribution >= 4 is 5.91 Å². The van der Waals surface area contributed by atoms with Crippen molar-refractivity contribution in [3.05, 3.63) is 36.2 Å². The van der Waals surface area contributed by atoms with Crippen LogP contribution in [0.1, 0.15) is 49.5 Å². The Morgan fingerprint density at radius 1 is 1.40 bits per heavy atom. The monoisotopic (exact) mass is 275 g/mol. The Labute approximate surface area is 118 Å². The molecule has 0 fully saturated rings. The zero-order valence-electron chi connectivity index (χ0n) is 12.2. The third-order valence-corrected chi connectivity index (χ3v) is 3.04. The fourth-order valence-corrected chi connectivity index (χ4v) is 1.95. The summed E-state index contributed by atoms with van der Waals surface area (Å²) in [6.45, 7) is 7.49. The fourth-order valence-electron chi connectivity index (χ4n) is 1.95. The Morgan fingerprint density at radius 2 is 2.20 bits per heavy atom. The molecule has 2 rings (SSSR count). The third-order valence-electron chi connectivity index (χ3n) is 3.04. The van der Waals surface area contributed by atoms with E-state index in [-0.39, 0.29) is 11.9 Å². The minimum Gasteiger partial charge on any atom is -0.343 e. The van der Waals surface area contributed by atoms with Crippen LogP contribution in [0.3, 0.4) is 0 Å². The Bertz CT molecular complexity index is 570. The third kappa shape index (κ3) is 3.26. The van der Waals surface area contributed by atoms with Crippen molar-refractivity contribution in [3.63, 3.8) is 0 Å². The highest BCUT2D eigenvalue weighted by Crippen LogP contribution is 2.05. The zero-order chi connectivity index (χ0) is 14.5. The van der Waals surface area contributed by atoms with Gasteiger partial charge in [-0.15, -0.1) is 0 Å². The Balaban J connectivity index is 1.95. The predicted molar refractivity (Wildman–Crippen MR) is 76.3 cm³/mol. The van der Waals surface area contributed by atoms with Gasteiger partial charge in [-0.2, -0.15) is 5.10 Å². The summed E-state index contributed by atoms with van der Waals surface area (Å²) in [5, 5.41) is 7.10. The number of carbonyl (C=O) groups is 1. The summed E-state index contributed by atoms with van der Waals surface area (Å²) >= 11 is 0. The summed E-state index contributed by atoms with van der Waals surface area (Å²) in [6.07, 6.45) is 6.54. The van der Waals surface area contributed by atoms with E-state index < -0.39 is 0 Å². The smallest absolute Gasteiger partial charge is 0.272 e. The molecular formula is C14H21N5O. The maximum atomic E-state index is 12.0. The first-order chi connectivity index (χ1) is 9.61. The second-order valence-electron chi connectivity index (χ2n) is 4.99. The van der Waals surface area contributed by atoms with Gasteiger partial charge in [0.1, 0.15) is 11.5 Å². The Kier molecular flexibility index (Phi) is 4.55.